The smallest absolute Gasteiger partial charge is 0.271 e. The van der Waals surface area contributed by atoms with E-state index in [9.17, 15) is 9.18 Å². The van der Waals surface area contributed by atoms with Crippen molar-refractivity contribution in [3.8, 4) is 23.6 Å². The molecule has 4 rings (SSSR count). The fourth-order valence-electron chi connectivity index (χ4n) is 2.98. The molecule has 29 heavy (non-hydrogen) atoms. The summed E-state index contributed by atoms with van der Waals surface area (Å²) in [5.74, 6) is 1.74. The van der Waals surface area contributed by atoms with Gasteiger partial charge in [0.1, 0.15) is 15.5 Å². The molecule has 0 aliphatic heterocycles. The lowest BCUT2D eigenvalue weighted by atomic mass is 10.1. The van der Waals surface area contributed by atoms with E-state index in [4.69, 9.17) is 12.2 Å². The lowest BCUT2D eigenvalue weighted by molar-refractivity contribution is -0.377. The third-order valence-electron chi connectivity index (χ3n) is 4.42. The predicted octanol–water partition coefficient (Wildman–Crippen LogP) is 3.78. The Morgan fingerprint density at radius 3 is 2.72 bits per heavy atom. The first-order chi connectivity index (χ1) is 14.1. The fraction of sp³-hybridized carbons (Fsp3) is 0.0455. The van der Waals surface area contributed by atoms with Crippen molar-refractivity contribution in [1.29, 1.82) is 0 Å². The molecule has 4 aromatic rings. The number of amides is 1. The second-order valence-corrected chi connectivity index (χ2v) is 7.26. The molecule has 3 aromatic heterocycles. The largest absolute Gasteiger partial charge is 0.397 e. The Hall–Kier alpha value is -3.76. The first-order valence-corrected chi connectivity index (χ1v) is 9.56. The number of hydrogen-bond donors (Lipinski definition) is 1. The van der Waals surface area contributed by atoms with E-state index in [1.54, 1.807) is 0 Å². The van der Waals surface area contributed by atoms with Crippen LogP contribution in [0.3, 0.4) is 0 Å². The number of nitrogens with zero attached hydrogens (tertiary/aromatic N) is 2. The number of carbonyl (C=O) groups excluding carboxylic acids is 1. The van der Waals surface area contributed by atoms with Crippen molar-refractivity contribution in [1.82, 2.24) is 4.98 Å². The number of rotatable bonds is 4. The standard InChI is InChI=1S/C22H15FN4OS/c1-2-12-27(16-7-5-15(23)6-8-16)22(28)20-19(24)17-9-10-18(26-21(17)29-20)14-4-3-11-25-13-14/h1,3-11,13H,12,24H2/p+1. The van der Waals surface area contributed by atoms with Crippen LogP contribution in [0.25, 0.3) is 21.5 Å². The maximum absolute atomic E-state index is 13.3. The van der Waals surface area contributed by atoms with Gasteiger partial charge < -0.3 is 5.73 Å². The number of fused-ring (bicyclic) bond motifs is 1. The van der Waals surface area contributed by atoms with Gasteiger partial charge in [0.2, 0.25) is 0 Å². The molecule has 0 aliphatic carbocycles. The Balaban J connectivity index is 1.75. The number of benzene rings is 1. The summed E-state index contributed by atoms with van der Waals surface area (Å²) in [6.45, 7) is 0.0384. The first-order valence-electron chi connectivity index (χ1n) is 8.75. The van der Waals surface area contributed by atoms with Crippen LogP contribution in [0, 0.1) is 18.2 Å². The second-order valence-electron chi connectivity index (χ2n) is 6.26. The summed E-state index contributed by atoms with van der Waals surface area (Å²) in [6.07, 6.45) is 9.11. The van der Waals surface area contributed by atoms with Crippen molar-refractivity contribution in [3.63, 3.8) is 0 Å². The summed E-state index contributed by atoms with van der Waals surface area (Å²) in [5, 5.41) is 0.710. The average Bonchev–Trinajstić information content (AvgIpc) is 3.09. The number of terminal acetylenes is 1. The molecule has 0 saturated heterocycles. The molecule has 0 fully saturated rings. The monoisotopic (exact) mass is 403 g/mol. The molecule has 142 valence electrons. The van der Waals surface area contributed by atoms with E-state index in [2.05, 4.69) is 15.9 Å². The molecule has 3 N–H and O–H groups in total. The number of anilines is 2. The number of nitrogens with two attached hydrogens (primary N) is 1. The summed E-state index contributed by atoms with van der Waals surface area (Å²) in [5.41, 5.74) is 8.83. The maximum Gasteiger partial charge on any atom is 0.271 e. The molecule has 0 unspecified atom stereocenters. The number of aromatic nitrogens is 2. The van der Waals surface area contributed by atoms with Gasteiger partial charge in [0.05, 0.1) is 23.5 Å². The molecule has 0 bridgehead atoms. The molecule has 0 atom stereocenters. The number of thiophene rings is 1. The van der Waals surface area contributed by atoms with Gasteiger partial charge in [0.15, 0.2) is 12.4 Å². The van der Waals surface area contributed by atoms with Crippen molar-refractivity contribution in [2.24, 2.45) is 0 Å². The van der Waals surface area contributed by atoms with Gasteiger partial charge in [-0.1, -0.05) is 5.92 Å². The molecule has 1 aromatic carbocycles. The Labute approximate surface area is 170 Å². The highest BCUT2D eigenvalue weighted by molar-refractivity contribution is 7.21. The average molecular weight is 403 g/mol. The zero-order chi connectivity index (χ0) is 20.4. The SMILES string of the molecule is C#CCN(C(=O)c1sc2nc(-c3ccc[nH+]c3)ccc2c1N)c1ccc(F)cc1. The summed E-state index contributed by atoms with van der Waals surface area (Å²) >= 11 is 1.21. The quantitative estimate of drug-likeness (QED) is 0.527. The van der Waals surface area contributed by atoms with Gasteiger partial charge in [-0.15, -0.1) is 17.8 Å². The van der Waals surface area contributed by atoms with Crippen LogP contribution in [-0.4, -0.2) is 17.4 Å². The van der Waals surface area contributed by atoms with Gasteiger partial charge in [0, 0.05) is 17.1 Å². The number of nitrogens with one attached hydrogen (secondary N) is 1. The summed E-state index contributed by atoms with van der Waals surface area (Å²) in [4.78, 5) is 23.3. The highest BCUT2D eigenvalue weighted by atomic mass is 32.1. The van der Waals surface area contributed by atoms with Crippen LogP contribution in [0.4, 0.5) is 15.8 Å². The third-order valence-corrected chi connectivity index (χ3v) is 5.53. The number of halogens is 1. The number of nitrogen functional groups attached to an aromatic ring is 1. The highest BCUT2D eigenvalue weighted by Crippen LogP contribution is 2.35. The lowest BCUT2D eigenvalue weighted by Crippen LogP contribution is -2.31. The predicted molar refractivity (Wildman–Crippen MR) is 113 cm³/mol. The van der Waals surface area contributed by atoms with Gasteiger partial charge in [-0.3, -0.25) is 9.69 Å². The zero-order valence-corrected chi connectivity index (χ0v) is 16.0. The van der Waals surface area contributed by atoms with E-state index < -0.39 is 5.82 Å². The Morgan fingerprint density at radius 1 is 1.24 bits per heavy atom. The molecule has 0 radical (unpaired) electrons. The third kappa shape index (κ3) is 3.53. The van der Waals surface area contributed by atoms with E-state index in [1.165, 1.54) is 40.5 Å². The molecule has 3 heterocycles. The van der Waals surface area contributed by atoms with Crippen LogP contribution in [0.1, 0.15) is 9.67 Å². The van der Waals surface area contributed by atoms with Crippen molar-refractivity contribution < 1.29 is 14.2 Å². The van der Waals surface area contributed by atoms with E-state index in [-0.39, 0.29) is 12.5 Å². The Bertz CT molecular complexity index is 1230. The normalized spacial score (nSPS) is 10.6. The van der Waals surface area contributed by atoms with Gasteiger partial charge in [0.25, 0.3) is 5.91 Å². The number of aromatic amines is 1. The maximum atomic E-state index is 13.3. The molecular formula is C22H16FN4OS+. The zero-order valence-electron chi connectivity index (χ0n) is 15.2. The Kier molecular flexibility index (Phi) is 4.94. The van der Waals surface area contributed by atoms with E-state index in [1.807, 2.05) is 36.7 Å². The van der Waals surface area contributed by atoms with Crippen LogP contribution in [0.15, 0.2) is 60.9 Å². The highest BCUT2D eigenvalue weighted by Gasteiger charge is 2.24. The minimum Gasteiger partial charge on any atom is -0.397 e. The van der Waals surface area contributed by atoms with Gasteiger partial charge >= 0.3 is 0 Å². The molecule has 5 nitrogen and oxygen atoms in total. The van der Waals surface area contributed by atoms with Crippen molar-refractivity contribution in [3.05, 3.63) is 71.6 Å². The van der Waals surface area contributed by atoms with Gasteiger partial charge in [-0.25, -0.2) is 14.4 Å². The molecule has 7 heteroatoms. The Morgan fingerprint density at radius 2 is 2.03 bits per heavy atom. The van der Waals surface area contributed by atoms with Crippen LogP contribution in [0.2, 0.25) is 0 Å². The topological polar surface area (TPSA) is 73.4 Å². The summed E-state index contributed by atoms with van der Waals surface area (Å²) in [6, 6.07) is 13.1. The van der Waals surface area contributed by atoms with Crippen molar-refractivity contribution >= 4 is 38.8 Å². The van der Waals surface area contributed by atoms with E-state index >= 15 is 0 Å². The number of hydrogen-bond acceptors (Lipinski definition) is 4. The lowest BCUT2D eigenvalue weighted by Gasteiger charge is -2.20. The van der Waals surface area contributed by atoms with Crippen LogP contribution in [0.5, 0.6) is 0 Å². The molecule has 0 aliphatic rings. The number of pyridine rings is 2. The molecule has 0 saturated carbocycles. The molecule has 0 spiro atoms. The summed E-state index contributed by atoms with van der Waals surface area (Å²) in [7, 11) is 0. The first kappa shape index (κ1) is 18.6. The van der Waals surface area contributed by atoms with Crippen molar-refractivity contribution in [2.75, 3.05) is 17.2 Å². The van der Waals surface area contributed by atoms with E-state index in [0.717, 1.165) is 11.3 Å². The van der Waals surface area contributed by atoms with Crippen LogP contribution >= 0.6 is 11.3 Å². The number of carbonyl (C=O) groups is 1. The molecule has 1 amide bonds. The van der Waals surface area contributed by atoms with Crippen LogP contribution in [-0.2, 0) is 0 Å². The van der Waals surface area contributed by atoms with Gasteiger partial charge in [-0.05, 0) is 42.5 Å². The molecular weight excluding hydrogens is 387 g/mol. The minimum absolute atomic E-state index is 0.0384. The number of H-pyrrole nitrogens is 1. The second kappa shape index (κ2) is 7.70. The van der Waals surface area contributed by atoms with Crippen molar-refractivity contribution in [2.45, 2.75) is 0 Å². The minimum atomic E-state index is -0.391. The van der Waals surface area contributed by atoms with Gasteiger partial charge in [-0.2, -0.15) is 0 Å². The van der Waals surface area contributed by atoms with E-state index in [0.29, 0.717) is 26.5 Å². The fourth-order valence-corrected chi connectivity index (χ4v) is 4.03. The summed E-state index contributed by atoms with van der Waals surface area (Å²) < 4.78 is 13.3. The van der Waals surface area contributed by atoms with Crippen LogP contribution < -0.4 is 15.6 Å².